The van der Waals surface area contributed by atoms with Crippen molar-refractivity contribution in [2.24, 2.45) is 0 Å². The Labute approximate surface area is 157 Å². The molecule has 0 N–H and O–H groups in total. The van der Waals surface area contributed by atoms with Crippen LogP contribution in [0.25, 0.3) is 11.5 Å². The Bertz CT molecular complexity index is 1010. The summed E-state index contributed by atoms with van der Waals surface area (Å²) in [5, 5.41) is 19.4. The summed E-state index contributed by atoms with van der Waals surface area (Å²) in [6.07, 6.45) is 0. The van der Waals surface area contributed by atoms with Crippen LogP contribution in [0.15, 0.2) is 46.0 Å². The molecule has 27 heavy (non-hydrogen) atoms. The number of nitro benzene ring substituents is 1. The zero-order valence-electron chi connectivity index (χ0n) is 14.1. The lowest BCUT2D eigenvalue weighted by molar-refractivity contribution is -0.384. The Kier molecular flexibility index (Phi) is 4.55. The third kappa shape index (κ3) is 3.51. The fourth-order valence-corrected chi connectivity index (χ4v) is 3.29. The lowest BCUT2D eigenvalue weighted by Crippen LogP contribution is -1.94. The Hall–Kier alpha value is -3.27. The van der Waals surface area contributed by atoms with Crippen molar-refractivity contribution in [2.75, 3.05) is 13.9 Å². The molecule has 2 aromatic carbocycles. The Morgan fingerprint density at radius 1 is 1.19 bits per heavy atom. The van der Waals surface area contributed by atoms with Crippen molar-refractivity contribution in [3.05, 3.63) is 52.1 Å². The van der Waals surface area contributed by atoms with Crippen molar-refractivity contribution < 1.29 is 23.6 Å². The first-order valence-electron chi connectivity index (χ1n) is 7.81. The molecule has 0 unspecified atom stereocenters. The molecule has 3 aromatic rings. The lowest BCUT2D eigenvalue weighted by atomic mass is 10.2. The fraction of sp³-hybridized carbons (Fsp3) is 0.176. The van der Waals surface area contributed by atoms with Crippen LogP contribution >= 0.6 is 11.8 Å². The van der Waals surface area contributed by atoms with Gasteiger partial charge in [-0.1, -0.05) is 11.8 Å². The van der Waals surface area contributed by atoms with Gasteiger partial charge in [-0.15, -0.1) is 10.2 Å². The van der Waals surface area contributed by atoms with Gasteiger partial charge >= 0.3 is 0 Å². The molecule has 138 valence electrons. The van der Waals surface area contributed by atoms with Crippen LogP contribution in [-0.4, -0.2) is 29.0 Å². The monoisotopic (exact) mass is 387 g/mol. The number of ether oxygens (including phenoxy) is 3. The Morgan fingerprint density at radius 3 is 2.85 bits per heavy atom. The molecule has 0 saturated heterocycles. The quantitative estimate of drug-likeness (QED) is 0.355. The summed E-state index contributed by atoms with van der Waals surface area (Å²) in [6, 6.07) is 9.80. The van der Waals surface area contributed by atoms with E-state index < -0.39 is 4.92 Å². The molecule has 0 bridgehead atoms. The number of hydrogen-bond acceptors (Lipinski definition) is 9. The molecule has 0 saturated carbocycles. The van der Waals surface area contributed by atoms with Crippen molar-refractivity contribution in [3.8, 4) is 28.7 Å². The first kappa shape index (κ1) is 17.2. The van der Waals surface area contributed by atoms with E-state index in [0.717, 1.165) is 0 Å². The van der Waals surface area contributed by atoms with Crippen molar-refractivity contribution >= 4 is 17.4 Å². The molecule has 0 radical (unpaired) electrons. The number of hydrogen-bond donors (Lipinski definition) is 0. The van der Waals surface area contributed by atoms with Gasteiger partial charge in [-0.3, -0.25) is 10.1 Å². The first-order valence-corrected chi connectivity index (χ1v) is 8.80. The predicted octanol–water partition coefficient (Wildman–Crippen LogP) is 3.67. The van der Waals surface area contributed by atoms with Crippen LogP contribution in [0.2, 0.25) is 0 Å². The maximum absolute atomic E-state index is 11.0. The summed E-state index contributed by atoms with van der Waals surface area (Å²) < 4.78 is 21.5. The molecule has 0 fully saturated rings. The van der Waals surface area contributed by atoms with Gasteiger partial charge in [0.1, 0.15) is 5.75 Å². The van der Waals surface area contributed by atoms with Gasteiger partial charge in [0.05, 0.1) is 12.0 Å². The molecule has 4 rings (SSSR count). The molecular formula is C17H13N3O6S. The van der Waals surface area contributed by atoms with E-state index in [2.05, 4.69) is 10.2 Å². The van der Waals surface area contributed by atoms with Crippen molar-refractivity contribution in [1.82, 2.24) is 10.2 Å². The highest BCUT2D eigenvalue weighted by Crippen LogP contribution is 2.36. The van der Waals surface area contributed by atoms with E-state index >= 15 is 0 Å². The second-order valence-corrected chi connectivity index (χ2v) is 6.41. The van der Waals surface area contributed by atoms with E-state index in [0.29, 0.717) is 45.2 Å². The van der Waals surface area contributed by atoms with Gasteiger partial charge in [-0.25, -0.2) is 0 Å². The van der Waals surface area contributed by atoms with E-state index in [1.165, 1.54) is 31.0 Å². The summed E-state index contributed by atoms with van der Waals surface area (Å²) in [6.45, 7) is 0.189. The van der Waals surface area contributed by atoms with E-state index in [-0.39, 0.29) is 12.5 Å². The molecule has 10 heteroatoms. The number of non-ortho nitro benzene ring substituents is 1. The zero-order chi connectivity index (χ0) is 18.8. The number of thioether (sulfide) groups is 1. The number of benzene rings is 2. The standard InChI is InChI=1S/C17H13N3O6S/c1-23-13-5-3-12(20(21)22)6-11(13)8-27-17-19-18-16(26-17)10-2-4-14-15(7-10)25-9-24-14/h2-7H,8-9H2,1H3. The summed E-state index contributed by atoms with van der Waals surface area (Å²) in [5.74, 6) is 2.59. The Morgan fingerprint density at radius 2 is 2.04 bits per heavy atom. The molecule has 0 aliphatic carbocycles. The van der Waals surface area contributed by atoms with Gasteiger partial charge in [0.25, 0.3) is 10.9 Å². The van der Waals surface area contributed by atoms with Crippen LogP contribution in [0.4, 0.5) is 5.69 Å². The van der Waals surface area contributed by atoms with Crippen LogP contribution in [0, 0.1) is 10.1 Å². The maximum atomic E-state index is 11.0. The van der Waals surface area contributed by atoms with Crippen LogP contribution in [0.3, 0.4) is 0 Å². The molecule has 0 amide bonds. The SMILES string of the molecule is COc1ccc([N+](=O)[O-])cc1CSc1nnc(-c2ccc3c(c2)OCO3)o1. The highest BCUT2D eigenvalue weighted by atomic mass is 32.2. The number of rotatable bonds is 6. The van der Waals surface area contributed by atoms with Gasteiger partial charge in [0.2, 0.25) is 12.7 Å². The molecular weight excluding hydrogens is 374 g/mol. The van der Waals surface area contributed by atoms with Gasteiger partial charge in [0, 0.05) is 29.0 Å². The zero-order valence-corrected chi connectivity index (χ0v) is 14.9. The number of nitro groups is 1. The fourth-order valence-electron chi connectivity index (χ4n) is 2.55. The van der Waals surface area contributed by atoms with Crippen molar-refractivity contribution in [2.45, 2.75) is 11.0 Å². The molecule has 2 heterocycles. The van der Waals surface area contributed by atoms with Crippen molar-refractivity contribution in [3.63, 3.8) is 0 Å². The minimum atomic E-state index is -0.446. The Balaban J connectivity index is 1.50. The molecule has 9 nitrogen and oxygen atoms in total. The second kappa shape index (κ2) is 7.16. The topological polar surface area (TPSA) is 110 Å². The molecule has 0 atom stereocenters. The summed E-state index contributed by atoms with van der Waals surface area (Å²) >= 11 is 1.27. The number of fused-ring (bicyclic) bond motifs is 1. The normalized spacial score (nSPS) is 12.2. The van der Waals surface area contributed by atoms with Gasteiger partial charge < -0.3 is 18.6 Å². The van der Waals surface area contributed by atoms with E-state index in [1.807, 2.05) is 0 Å². The molecule has 1 aliphatic heterocycles. The van der Waals surface area contributed by atoms with E-state index in [9.17, 15) is 10.1 Å². The minimum absolute atomic E-state index is 0.00187. The summed E-state index contributed by atoms with van der Waals surface area (Å²) in [5.41, 5.74) is 1.38. The van der Waals surface area contributed by atoms with Gasteiger partial charge in [-0.2, -0.15) is 0 Å². The van der Waals surface area contributed by atoms with E-state index in [1.54, 1.807) is 24.3 Å². The first-order chi connectivity index (χ1) is 13.1. The van der Waals surface area contributed by atoms with Crippen LogP contribution in [-0.2, 0) is 5.75 Å². The van der Waals surface area contributed by atoms with E-state index in [4.69, 9.17) is 18.6 Å². The minimum Gasteiger partial charge on any atom is -0.496 e. The molecule has 1 aromatic heterocycles. The molecule has 1 aliphatic rings. The number of methoxy groups -OCH3 is 1. The second-order valence-electron chi connectivity index (χ2n) is 5.48. The predicted molar refractivity (Wildman–Crippen MR) is 95.1 cm³/mol. The van der Waals surface area contributed by atoms with Gasteiger partial charge in [-0.05, 0) is 24.3 Å². The number of aromatic nitrogens is 2. The third-order valence-corrected chi connectivity index (χ3v) is 4.72. The summed E-state index contributed by atoms with van der Waals surface area (Å²) in [7, 11) is 1.51. The largest absolute Gasteiger partial charge is 0.496 e. The van der Waals surface area contributed by atoms with Crippen LogP contribution in [0.1, 0.15) is 5.56 Å². The lowest BCUT2D eigenvalue weighted by Gasteiger charge is -2.06. The average Bonchev–Trinajstić information content (AvgIpc) is 3.34. The summed E-state index contributed by atoms with van der Waals surface area (Å²) in [4.78, 5) is 10.5. The highest BCUT2D eigenvalue weighted by Gasteiger charge is 2.18. The molecule has 0 spiro atoms. The average molecular weight is 387 g/mol. The number of nitrogens with zero attached hydrogens (tertiary/aromatic N) is 3. The maximum Gasteiger partial charge on any atom is 0.277 e. The highest BCUT2D eigenvalue weighted by molar-refractivity contribution is 7.98. The third-order valence-electron chi connectivity index (χ3n) is 3.85. The van der Waals surface area contributed by atoms with Gasteiger partial charge in [0.15, 0.2) is 11.5 Å². The van der Waals surface area contributed by atoms with Crippen LogP contribution < -0.4 is 14.2 Å². The smallest absolute Gasteiger partial charge is 0.277 e. The van der Waals surface area contributed by atoms with Crippen molar-refractivity contribution in [1.29, 1.82) is 0 Å². The van der Waals surface area contributed by atoms with Crippen LogP contribution in [0.5, 0.6) is 17.2 Å².